The molecule has 0 saturated heterocycles. The number of aryl methyl sites for hydroxylation is 2. The minimum absolute atomic E-state index is 0.311. The van der Waals surface area contributed by atoms with Crippen LogP contribution in [-0.4, -0.2) is 28.1 Å². The molecule has 3 rings (SSSR count). The molecule has 0 aliphatic carbocycles. The number of carbonyl (C=O) groups is 2. The molecule has 2 heterocycles. The first kappa shape index (κ1) is 15.3. The Morgan fingerprint density at radius 1 is 1.26 bits per heavy atom. The minimum atomic E-state index is -0.579. The van der Waals surface area contributed by atoms with E-state index in [0.29, 0.717) is 13.1 Å². The molecule has 0 radical (unpaired) electrons. The van der Waals surface area contributed by atoms with Gasteiger partial charge < -0.3 is 10.2 Å². The number of carbonyl (C=O) groups excluding carboxylic acids is 2. The van der Waals surface area contributed by atoms with Crippen LogP contribution in [0.4, 0.5) is 5.69 Å². The topological polar surface area (TPSA) is 67.2 Å². The molecule has 1 aromatic heterocycles. The average Bonchev–Trinajstić information content (AvgIpc) is 3.07. The predicted molar refractivity (Wildman–Crippen MR) is 87.0 cm³/mol. The molecule has 6 nitrogen and oxygen atoms in total. The summed E-state index contributed by atoms with van der Waals surface area (Å²) < 4.78 is 1.77. The first-order valence-corrected chi connectivity index (χ1v) is 7.65. The molecule has 1 N–H and O–H groups in total. The van der Waals surface area contributed by atoms with Crippen molar-refractivity contribution in [3.63, 3.8) is 0 Å². The zero-order chi connectivity index (χ0) is 16.6. The maximum Gasteiger partial charge on any atom is 0.316 e. The van der Waals surface area contributed by atoms with Crippen LogP contribution in [0.2, 0.25) is 0 Å². The summed E-state index contributed by atoms with van der Waals surface area (Å²) in [6, 6.07) is 7.69. The number of benzene rings is 1. The highest BCUT2D eigenvalue weighted by molar-refractivity contribution is 6.40. The molecule has 1 aliphatic heterocycles. The number of hydrogen-bond donors (Lipinski definition) is 1. The molecule has 0 saturated carbocycles. The van der Waals surface area contributed by atoms with Crippen LogP contribution in [0.3, 0.4) is 0 Å². The standard InChI is InChI=1S/C17H20N4O2/c1-11-14(12(2)20(3)19-11)10-18-16(22)17(23)21-9-8-13-6-4-5-7-15(13)21/h4-7H,8-10H2,1-3H3,(H,18,22). The number of nitrogens with one attached hydrogen (secondary N) is 1. The number of para-hydroxylation sites is 1. The van der Waals surface area contributed by atoms with Gasteiger partial charge in [0.15, 0.2) is 0 Å². The lowest BCUT2D eigenvalue weighted by atomic mass is 10.2. The highest BCUT2D eigenvalue weighted by Crippen LogP contribution is 2.27. The van der Waals surface area contributed by atoms with Crippen molar-refractivity contribution in [2.75, 3.05) is 11.4 Å². The van der Waals surface area contributed by atoms with E-state index in [1.54, 1.807) is 9.58 Å². The Kier molecular flexibility index (Phi) is 3.90. The van der Waals surface area contributed by atoms with Crippen molar-refractivity contribution in [3.05, 3.63) is 46.8 Å². The fourth-order valence-electron chi connectivity index (χ4n) is 2.99. The van der Waals surface area contributed by atoms with Crippen LogP contribution >= 0.6 is 0 Å². The van der Waals surface area contributed by atoms with Crippen LogP contribution in [0.1, 0.15) is 22.5 Å². The molecule has 2 amide bonds. The van der Waals surface area contributed by atoms with Crippen LogP contribution in [0.15, 0.2) is 24.3 Å². The molecule has 0 spiro atoms. The quantitative estimate of drug-likeness (QED) is 0.849. The van der Waals surface area contributed by atoms with E-state index in [2.05, 4.69) is 10.4 Å². The van der Waals surface area contributed by atoms with Gasteiger partial charge in [-0.15, -0.1) is 0 Å². The zero-order valence-electron chi connectivity index (χ0n) is 13.6. The van der Waals surface area contributed by atoms with Crippen molar-refractivity contribution < 1.29 is 9.59 Å². The van der Waals surface area contributed by atoms with Gasteiger partial charge in [0.05, 0.1) is 5.69 Å². The average molecular weight is 312 g/mol. The fourth-order valence-corrected chi connectivity index (χ4v) is 2.99. The van der Waals surface area contributed by atoms with Gasteiger partial charge in [-0.05, 0) is 31.9 Å². The van der Waals surface area contributed by atoms with Crippen LogP contribution in [-0.2, 0) is 29.6 Å². The van der Waals surface area contributed by atoms with Crippen molar-refractivity contribution in [2.45, 2.75) is 26.8 Å². The minimum Gasteiger partial charge on any atom is -0.344 e. The summed E-state index contributed by atoms with van der Waals surface area (Å²) in [5.41, 5.74) is 4.75. The molecule has 0 atom stereocenters. The number of aromatic nitrogens is 2. The van der Waals surface area contributed by atoms with E-state index < -0.39 is 11.8 Å². The van der Waals surface area contributed by atoms with E-state index in [0.717, 1.165) is 34.6 Å². The van der Waals surface area contributed by atoms with Gasteiger partial charge in [-0.1, -0.05) is 18.2 Å². The van der Waals surface area contributed by atoms with Crippen LogP contribution in [0, 0.1) is 13.8 Å². The largest absolute Gasteiger partial charge is 0.344 e. The molecular formula is C17H20N4O2. The van der Waals surface area contributed by atoms with Crippen molar-refractivity contribution in [3.8, 4) is 0 Å². The number of fused-ring (bicyclic) bond motifs is 1. The molecule has 0 bridgehead atoms. The summed E-state index contributed by atoms with van der Waals surface area (Å²) in [7, 11) is 1.86. The highest BCUT2D eigenvalue weighted by Gasteiger charge is 2.28. The van der Waals surface area contributed by atoms with Gasteiger partial charge in [-0.3, -0.25) is 14.3 Å². The number of nitrogens with zero attached hydrogens (tertiary/aromatic N) is 3. The van der Waals surface area contributed by atoms with E-state index in [-0.39, 0.29) is 0 Å². The van der Waals surface area contributed by atoms with Crippen molar-refractivity contribution in [1.82, 2.24) is 15.1 Å². The van der Waals surface area contributed by atoms with E-state index in [4.69, 9.17) is 0 Å². The van der Waals surface area contributed by atoms with E-state index in [1.807, 2.05) is 45.2 Å². The smallest absolute Gasteiger partial charge is 0.316 e. The Bertz CT molecular complexity index is 779. The van der Waals surface area contributed by atoms with Crippen molar-refractivity contribution >= 4 is 17.5 Å². The molecule has 1 aliphatic rings. The summed E-state index contributed by atoms with van der Waals surface area (Å²) in [6.07, 6.45) is 0.788. The van der Waals surface area contributed by atoms with Gasteiger partial charge in [-0.25, -0.2) is 0 Å². The lowest BCUT2D eigenvalue weighted by Gasteiger charge is -2.16. The summed E-state index contributed by atoms with van der Waals surface area (Å²) in [5.74, 6) is -1.08. The third-order valence-corrected chi connectivity index (χ3v) is 4.41. The van der Waals surface area contributed by atoms with Gasteiger partial charge in [0.25, 0.3) is 0 Å². The SMILES string of the molecule is Cc1nn(C)c(C)c1CNC(=O)C(=O)N1CCc2ccccc21. The van der Waals surface area contributed by atoms with E-state index in [9.17, 15) is 9.59 Å². The first-order valence-electron chi connectivity index (χ1n) is 7.65. The molecule has 6 heteroatoms. The van der Waals surface area contributed by atoms with E-state index in [1.165, 1.54) is 0 Å². The Morgan fingerprint density at radius 2 is 2.00 bits per heavy atom. The first-order chi connectivity index (χ1) is 11.0. The predicted octanol–water partition coefficient (Wildman–Crippen LogP) is 1.24. The van der Waals surface area contributed by atoms with Gasteiger partial charge in [0, 0.05) is 37.1 Å². The second-order valence-electron chi connectivity index (χ2n) is 5.79. The lowest BCUT2D eigenvalue weighted by Crippen LogP contribution is -2.42. The second kappa shape index (κ2) is 5.87. The Hall–Kier alpha value is -2.63. The van der Waals surface area contributed by atoms with Gasteiger partial charge in [-0.2, -0.15) is 5.10 Å². The zero-order valence-corrected chi connectivity index (χ0v) is 13.6. The van der Waals surface area contributed by atoms with Crippen molar-refractivity contribution in [1.29, 1.82) is 0 Å². The summed E-state index contributed by atoms with van der Waals surface area (Å²) >= 11 is 0. The molecule has 1 aromatic carbocycles. The summed E-state index contributed by atoms with van der Waals surface area (Å²) in [6.45, 7) is 4.70. The normalized spacial score (nSPS) is 13.1. The molecule has 0 fully saturated rings. The Labute approximate surface area is 135 Å². The maximum absolute atomic E-state index is 12.4. The summed E-state index contributed by atoms with van der Waals surface area (Å²) in [4.78, 5) is 26.2. The van der Waals surface area contributed by atoms with Crippen LogP contribution in [0.25, 0.3) is 0 Å². The molecule has 23 heavy (non-hydrogen) atoms. The molecular weight excluding hydrogens is 292 g/mol. The Balaban J connectivity index is 1.68. The third kappa shape index (κ3) is 2.72. The number of hydrogen-bond acceptors (Lipinski definition) is 3. The maximum atomic E-state index is 12.4. The lowest BCUT2D eigenvalue weighted by molar-refractivity contribution is -0.137. The summed E-state index contributed by atoms with van der Waals surface area (Å²) in [5, 5.41) is 7.03. The van der Waals surface area contributed by atoms with Crippen LogP contribution in [0.5, 0.6) is 0 Å². The van der Waals surface area contributed by atoms with Gasteiger partial charge in [0.2, 0.25) is 0 Å². The number of rotatable bonds is 2. The third-order valence-electron chi connectivity index (χ3n) is 4.41. The fraction of sp³-hybridized carbons (Fsp3) is 0.353. The van der Waals surface area contributed by atoms with Gasteiger partial charge >= 0.3 is 11.8 Å². The number of anilines is 1. The van der Waals surface area contributed by atoms with Crippen molar-refractivity contribution in [2.24, 2.45) is 7.05 Å². The van der Waals surface area contributed by atoms with E-state index >= 15 is 0 Å². The highest BCUT2D eigenvalue weighted by atomic mass is 16.2. The van der Waals surface area contributed by atoms with Crippen LogP contribution < -0.4 is 10.2 Å². The number of amides is 2. The second-order valence-corrected chi connectivity index (χ2v) is 5.79. The monoisotopic (exact) mass is 312 g/mol. The molecule has 0 unspecified atom stereocenters. The van der Waals surface area contributed by atoms with Gasteiger partial charge in [0.1, 0.15) is 0 Å². The molecule has 2 aromatic rings. The molecule has 120 valence electrons. The Morgan fingerprint density at radius 3 is 2.70 bits per heavy atom.